The number of sulfonamides is 1. The predicted molar refractivity (Wildman–Crippen MR) is 71.4 cm³/mol. The second-order valence-corrected chi connectivity index (χ2v) is 6.28. The van der Waals surface area contributed by atoms with Crippen LogP contribution in [0.3, 0.4) is 0 Å². The number of aromatic hydroxyl groups is 1. The first-order valence-electron chi connectivity index (χ1n) is 6.00. The van der Waals surface area contributed by atoms with Crippen molar-refractivity contribution in [3.63, 3.8) is 0 Å². The lowest BCUT2D eigenvalue weighted by atomic mass is 10.1. The third-order valence-corrected chi connectivity index (χ3v) is 4.99. The van der Waals surface area contributed by atoms with Gasteiger partial charge in [0, 0.05) is 20.2 Å². The quantitative estimate of drug-likeness (QED) is 0.847. The Kier molecular flexibility index (Phi) is 4.24. The molecule has 0 radical (unpaired) electrons. The lowest BCUT2D eigenvalue weighted by molar-refractivity contribution is 0.219. The van der Waals surface area contributed by atoms with Crippen molar-refractivity contribution in [2.75, 3.05) is 26.8 Å². The fraction of sp³-hybridized carbons (Fsp3) is 0.385. The van der Waals surface area contributed by atoms with Gasteiger partial charge >= 0.3 is 0 Å². The Morgan fingerprint density at radius 2 is 2.11 bits per heavy atom. The normalized spacial score (nSPS) is 17.2. The van der Waals surface area contributed by atoms with Crippen molar-refractivity contribution in [1.82, 2.24) is 4.31 Å². The smallest absolute Gasteiger partial charge is 0.247 e. The van der Waals surface area contributed by atoms with E-state index >= 15 is 0 Å². The molecule has 0 unspecified atom stereocenters. The van der Waals surface area contributed by atoms with Crippen LogP contribution in [-0.4, -0.2) is 44.6 Å². The van der Waals surface area contributed by atoms with Crippen molar-refractivity contribution in [3.05, 3.63) is 35.9 Å². The predicted octanol–water partition coefficient (Wildman–Crippen LogP) is 1.36. The number of methoxy groups -OCH3 is 1. The molecule has 0 amide bonds. The summed E-state index contributed by atoms with van der Waals surface area (Å²) in [5.74, 6) is -0.214. The summed E-state index contributed by atoms with van der Waals surface area (Å²) in [6.07, 6.45) is 2.52. The molecule has 0 aromatic heterocycles. The van der Waals surface area contributed by atoms with E-state index in [-0.39, 0.29) is 10.6 Å². The van der Waals surface area contributed by atoms with Crippen molar-refractivity contribution in [2.24, 2.45) is 0 Å². The zero-order valence-electron chi connectivity index (χ0n) is 10.7. The van der Waals surface area contributed by atoms with Crippen LogP contribution >= 0.6 is 0 Å². The molecule has 104 valence electrons. The van der Waals surface area contributed by atoms with Crippen LogP contribution in [0.15, 0.2) is 40.8 Å². The molecule has 2 rings (SSSR count). The van der Waals surface area contributed by atoms with Gasteiger partial charge in [-0.3, -0.25) is 0 Å². The van der Waals surface area contributed by atoms with E-state index in [1.807, 2.05) is 6.08 Å². The van der Waals surface area contributed by atoms with Crippen LogP contribution in [-0.2, 0) is 14.8 Å². The second-order valence-electron chi connectivity index (χ2n) is 4.38. The summed E-state index contributed by atoms with van der Waals surface area (Å²) < 4.78 is 31.1. The second kappa shape index (κ2) is 5.73. The number of nitrogens with zero attached hydrogens (tertiary/aromatic N) is 1. The van der Waals surface area contributed by atoms with Crippen LogP contribution in [0.5, 0.6) is 5.75 Å². The summed E-state index contributed by atoms with van der Waals surface area (Å²) in [5, 5.41) is 9.67. The molecule has 0 spiro atoms. The number of rotatable bonds is 4. The van der Waals surface area contributed by atoms with Crippen LogP contribution in [0.4, 0.5) is 0 Å². The first kappa shape index (κ1) is 14.0. The van der Waals surface area contributed by atoms with Gasteiger partial charge in [0.05, 0.1) is 6.61 Å². The minimum atomic E-state index is -3.63. The van der Waals surface area contributed by atoms with E-state index < -0.39 is 10.0 Å². The summed E-state index contributed by atoms with van der Waals surface area (Å²) in [7, 11) is -2.02. The van der Waals surface area contributed by atoms with Gasteiger partial charge in [0.25, 0.3) is 0 Å². The summed E-state index contributed by atoms with van der Waals surface area (Å²) >= 11 is 0. The molecule has 0 bridgehead atoms. The molecule has 1 aliphatic heterocycles. The SMILES string of the molecule is COCC1=CCN(S(=O)(=O)c2ccccc2O)CC1. The molecule has 5 nitrogen and oxygen atoms in total. The van der Waals surface area contributed by atoms with Crippen molar-refractivity contribution >= 4 is 10.0 Å². The van der Waals surface area contributed by atoms with Gasteiger partial charge in [-0.25, -0.2) is 8.42 Å². The van der Waals surface area contributed by atoms with Gasteiger partial charge in [-0.2, -0.15) is 4.31 Å². The number of hydrogen-bond donors (Lipinski definition) is 1. The van der Waals surface area contributed by atoms with Crippen LogP contribution in [0.2, 0.25) is 0 Å². The molecule has 1 aromatic rings. The van der Waals surface area contributed by atoms with E-state index in [2.05, 4.69) is 0 Å². The number of para-hydroxylation sites is 1. The monoisotopic (exact) mass is 283 g/mol. The van der Waals surface area contributed by atoms with E-state index in [1.165, 1.54) is 16.4 Å². The Bertz CT molecular complexity index is 580. The molecule has 0 saturated carbocycles. The van der Waals surface area contributed by atoms with E-state index in [4.69, 9.17) is 4.74 Å². The molecule has 0 saturated heterocycles. The van der Waals surface area contributed by atoms with Crippen molar-refractivity contribution < 1.29 is 18.3 Å². The Balaban J connectivity index is 2.21. The summed E-state index contributed by atoms with van der Waals surface area (Å²) in [6.45, 7) is 1.26. The maximum Gasteiger partial charge on any atom is 0.247 e. The van der Waals surface area contributed by atoms with Crippen LogP contribution in [0, 0.1) is 0 Å². The summed E-state index contributed by atoms with van der Waals surface area (Å²) in [6, 6.07) is 5.99. The molecule has 1 N–H and O–H groups in total. The zero-order valence-corrected chi connectivity index (χ0v) is 11.6. The third kappa shape index (κ3) is 2.97. The number of hydrogen-bond acceptors (Lipinski definition) is 4. The fourth-order valence-electron chi connectivity index (χ4n) is 2.04. The van der Waals surface area contributed by atoms with Gasteiger partial charge in [0.15, 0.2) is 0 Å². The minimum Gasteiger partial charge on any atom is -0.507 e. The Morgan fingerprint density at radius 1 is 1.37 bits per heavy atom. The molecule has 19 heavy (non-hydrogen) atoms. The third-order valence-electron chi connectivity index (χ3n) is 3.08. The van der Waals surface area contributed by atoms with Crippen molar-refractivity contribution in [3.8, 4) is 5.75 Å². The lowest BCUT2D eigenvalue weighted by Gasteiger charge is -2.25. The highest BCUT2D eigenvalue weighted by atomic mass is 32.2. The van der Waals surface area contributed by atoms with E-state index in [1.54, 1.807) is 19.2 Å². The molecule has 0 aliphatic carbocycles. The van der Waals surface area contributed by atoms with E-state index in [0.717, 1.165) is 5.57 Å². The van der Waals surface area contributed by atoms with Crippen LogP contribution < -0.4 is 0 Å². The van der Waals surface area contributed by atoms with E-state index in [9.17, 15) is 13.5 Å². The molecular weight excluding hydrogens is 266 g/mol. The zero-order chi connectivity index (χ0) is 13.9. The highest BCUT2D eigenvalue weighted by molar-refractivity contribution is 7.89. The average Bonchev–Trinajstić information content (AvgIpc) is 2.40. The number of phenolic OH excluding ortho intramolecular Hbond substituents is 1. The van der Waals surface area contributed by atoms with Crippen LogP contribution in [0.1, 0.15) is 6.42 Å². The summed E-state index contributed by atoms with van der Waals surface area (Å²) in [4.78, 5) is -0.0430. The molecule has 1 heterocycles. The maximum absolute atomic E-state index is 12.4. The molecule has 1 aromatic carbocycles. The fourth-order valence-corrected chi connectivity index (χ4v) is 3.51. The van der Waals surface area contributed by atoms with Gasteiger partial charge in [-0.1, -0.05) is 18.2 Å². The highest BCUT2D eigenvalue weighted by Gasteiger charge is 2.28. The van der Waals surface area contributed by atoms with Crippen molar-refractivity contribution in [1.29, 1.82) is 0 Å². The Labute approximate surface area is 113 Å². The van der Waals surface area contributed by atoms with Gasteiger partial charge in [0.2, 0.25) is 10.0 Å². The van der Waals surface area contributed by atoms with Gasteiger partial charge in [-0.15, -0.1) is 0 Å². The highest BCUT2D eigenvalue weighted by Crippen LogP contribution is 2.27. The van der Waals surface area contributed by atoms with Gasteiger partial charge in [0.1, 0.15) is 10.6 Å². The number of ether oxygens (including phenoxy) is 1. The number of phenols is 1. The van der Waals surface area contributed by atoms with E-state index in [0.29, 0.717) is 26.1 Å². The lowest BCUT2D eigenvalue weighted by Crippen LogP contribution is -2.35. The maximum atomic E-state index is 12.4. The first-order valence-corrected chi connectivity index (χ1v) is 7.44. The number of benzene rings is 1. The Hall–Kier alpha value is -1.37. The van der Waals surface area contributed by atoms with Gasteiger partial charge in [-0.05, 0) is 24.1 Å². The molecule has 6 heteroatoms. The minimum absolute atomic E-state index is 0.0430. The molecular formula is C13H17NO4S. The van der Waals surface area contributed by atoms with Crippen molar-refractivity contribution in [2.45, 2.75) is 11.3 Å². The molecule has 1 aliphatic rings. The topological polar surface area (TPSA) is 66.8 Å². The standard InChI is InChI=1S/C13H17NO4S/c1-18-10-11-6-8-14(9-7-11)19(16,17)13-5-3-2-4-12(13)15/h2-6,15H,7-10H2,1H3. The average molecular weight is 283 g/mol. The molecule has 0 atom stereocenters. The first-order chi connectivity index (χ1) is 9.05. The largest absolute Gasteiger partial charge is 0.507 e. The Morgan fingerprint density at radius 3 is 2.68 bits per heavy atom. The summed E-state index contributed by atoms with van der Waals surface area (Å²) in [5.41, 5.74) is 1.10. The molecule has 0 fully saturated rings. The van der Waals surface area contributed by atoms with Crippen LogP contribution in [0.25, 0.3) is 0 Å². The van der Waals surface area contributed by atoms with Gasteiger partial charge < -0.3 is 9.84 Å².